The minimum absolute atomic E-state index is 0.0834. The van der Waals surface area contributed by atoms with E-state index in [1.54, 1.807) is 36.4 Å². The molecule has 2 N–H and O–H groups in total. The summed E-state index contributed by atoms with van der Waals surface area (Å²) >= 11 is 7.03. The first-order chi connectivity index (χ1) is 13.0. The molecule has 0 aliphatic heterocycles. The van der Waals surface area contributed by atoms with Gasteiger partial charge >= 0.3 is 0 Å². The quantitative estimate of drug-likeness (QED) is 0.658. The lowest BCUT2D eigenvalue weighted by molar-refractivity contribution is -0.116. The highest BCUT2D eigenvalue weighted by atomic mass is 35.5. The average molecular weight is 405 g/mol. The summed E-state index contributed by atoms with van der Waals surface area (Å²) in [6.07, 6.45) is 4.63. The Morgan fingerprint density at radius 3 is 2.33 bits per heavy atom. The number of hydrogen-bond donors (Lipinski definition) is 2. The molecule has 1 aliphatic rings. The molecular weight excluding hydrogens is 384 g/mol. The molecule has 142 valence electrons. The number of hydrogen-bond acceptors (Lipinski definition) is 4. The Hall–Kier alpha value is -2.18. The van der Waals surface area contributed by atoms with Gasteiger partial charge in [-0.1, -0.05) is 24.4 Å². The lowest BCUT2D eigenvalue weighted by atomic mass is 10.1. The second-order valence-electron chi connectivity index (χ2n) is 6.61. The first kappa shape index (κ1) is 19.6. The fourth-order valence-electron chi connectivity index (χ4n) is 3.08. The molecule has 3 rings (SSSR count). The number of halogens is 1. The molecule has 27 heavy (non-hydrogen) atoms. The van der Waals surface area contributed by atoms with E-state index in [0.29, 0.717) is 20.5 Å². The fraction of sp³-hybridized carbons (Fsp3) is 0.350. The predicted molar refractivity (Wildman–Crippen MR) is 108 cm³/mol. The van der Waals surface area contributed by atoms with E-state index in [4.69, 9.17) is 11.6 Å². The van der Waals surface area contributed by atoms with Gasteiger partial charge in [0.25, 0.3) is 5.91 Å². The number of amides is 2. The van der Waals surface area contributed by atoms with Crippen LogP contribution in [0.3, 0.4) is 0 Å². The first-order valence-electron chi connectivity index (χ1n) is 9.00. The Kier molecular flexibility index (Phi) is 6.63. The molecule has 0 radical (unpaired) electrons. The lowest BCUT2D eigenvalue weighted by Gasteiger charge is -2.12. The van der Waals surface area contributed by atoms with Gasteiger partial charge in [-0.25, -0.2) is 0 Å². The van der Waals surface area contributed by atoms with Crippen molar-refractivity contribution in [2.45, 2.75) is 44.6 Å². The van der Waals surface area contributed by atoms with Crippen molar-refractivity contribution in [1.82, 2.24) is 5.32 Å². The van der Waals surface area contributed by atoms with Gasteiger partial charge in [0.2, 0.25) is 5.91 Å². The molecule has 0 bridgehead atoms. The van der Waals surface area contributed by atoms with E-state index >= 15 is 0 Å². The van der Waals surface area contributed by atoms with Crippen LogP contribution in [-0.2, 0) is 4.79 Å². The van der Waals surface area contributed by atoms with Crippen molar-refractivity contribution in [3.63, 3.8) is 0 Å². The summed E-state index contributed by atoms with van der Waals surface area (Å²) in [5.74, 6) is -0.421. The second-order valence-corrected chi connectivity index (χ2v) is 8.32. The van der Waals surface area contributed by atoms with Crippen molar-refractivity contribution in [1.29, 1.82) is 0 Å². The van der Waals surface area contributed by atoms with E-state index in [1.807, 2.05) is 0 Å². The number of carbonyl (C=O) groups is 3. The van der Waals surface area contributed by atoms with E-state index in [1.165, 1.54) is 11.3 Å². The Balaban J connectivity index is 1.46. The number of Topliss-reactive ketones (excluding diaryl/α,β-unsaturated/α-hetero) is 1. The topological polar surface area (TPSA) is 75.3 Å². The van der Waals surface area contributed by atoms with Gasteiger partial charge in [0.1, 0.15) is 0 Å². The molecule has 5 nitrogen and oxygen atoms in total. The van der Waals surface area contributed by atoms with Crippen LogP contribution < -0.4 is 10.6 Å². The molecule has 0 unspecified atom stereocenters. The zero-order valence-corrected chi connectivity index (χ0v) is 16.4. The average Bonchev–Trinajstić information content (AvgIpc) is 3.32. The minimum Gasteiger partial charge on any atom is -0.349 e. The van der Waals surface area contributed by atoms with Gasteiger partial charge in [-0.3, -0.25) is 14.4 Å². The van der Waals surface area contributed by atoms with E-state index in [2.05, 4.69) is 10.6 Å². The Morgan fingerprint density at radius 2 is 1.70 bits per heavy atom. The zero-order valence-electron chi connectivity index (χ0n) is 14.8. The molecule has 0 spiro atoms. The lowest BCUT2D eigenvalue weighted by Crippen LogP contribution is -2.32. The summed E-state index contributed by atoms with van der Waals surface area (Å²) in [5.41, 5.74) is 1.17. The number of nitrogens with one attached hydrogen (secondary N) is 2. The summed E-state index contributed by atoms with van der Waals surface area (Å²) in [5, 5.41) is 5.78. The van der Waals surface area contributed by atoms with Gasteiger partial charge in [0.15, 0.2) is 5.78 Å². The summed E-state index contributed by atoms with van der Waals surface area (Å²) in [4.78, 5) is 36.8. The number of rotatable bonds is 7. The van der Waals surface area contributed by atoms with Crippen LogP contribution in [0.4, 0.5) is 5.69 Å². The van der Waals surface area contributed by atoms with Crippen LogP contribution >= 0.6 is 22.9 Å². The highest BCUT2D eigenvalue weighted by molar-refractivity contribution is 7.18. The molecule has 1 heterocycles. The smallest absolute Gasteiger partial charge is 0.251 e. The molecule has 1 aliphatic carbocycles. The van der Waals surface area contributed by atoms with Crippen LogP contribution in [0.2, 0.25) is 4.34 Å². The van der Waals surface area contributed by atoms with E-state index in [0.717, 1.165) is 25.7 Å². The monoisotopic (exact) mass is 404 g/mol. The SMILES string of the molecule is O=C(CCC(=O)c1ccc(Cl)s1)Nc1ccc(C(=O)NC2CCCC2)cc1. The van der Waals surface area contributed by atoms with Gasteiger partial charge < -0.3 is 10.6 Å². The maximum Gasteiger partial charge on any atom is 0.251 e. The van der Waals surface area contributed by atoms with Crippen molar-refractivity contribution < 1.29 is 14.4 Å². The van der Waals surface area contributed by atoms with Gasteiger partial charge in [0, 0.05) is 30.1 Å². The molecule has 1 aromatic heterocycles. The van der Waals surface area contributed by atoms with Crippen LogP contribution in [0.1, 0.15) is 58.6 Å². The third-order valence-corrected chi connectivity index (χ3v) is 5.82. The van der Waals surface area contributed by atoms with Crippen LogP contribution in [0, 0.1) is 0 Å². The number of benzene rings is 1. The molecule has 7 heteroatoms. The van der Waals surface area contributed by atoms with Crippen LogP contribution in [0.25, 0.3) is 0 Å². The van der Waals surface area contributed by atoms with Crippen molar-refractivity contribution in [3.05, 3.63) is 51.2 Å². The molecule has 2 amide bonds. The largest absolute Gasteiger partial charge is 0.349 e. The van der Waals surface area contributed by atoms with E-state index in [-0.39, 0.29) is 36.5 Å². The predicted octanol–water partition coefficient (Wildman–Crippen LogP) is 4.68. The highest BCUT2D eigenvalue weighted by Gasteiger charge is 2.18. The Bertz CT molecular complexity index is 826. The second kappa shape index (κ2) is 9.15. The fourth-order valence-corrected chi connectivity index (χ4v) is 4.09. The van der Waals surface area contributed by atoms with Crippen LogP contribution in [-0.4, -0.2) is 23.6 Å². The summed E-state index contributed by atoms with van der Waals surface area (Å²) in [6.45, 7) is 0. The van der Waals surface area contributed by atoms with E-state index in [9.17, 15) is 14.4 Å². The van der Waals surface area contributed by atoms with Gasteiger partial charge in [-0.15, -0.1) is 11.3 Å². The summed E-state index contributed by atoms with van der Waals surface area (Å²) in [6, 6.07) is 10.4. The summed E-state index contributed by atoms with van der Waals surface area (Å²) in [7, 11) is 0. The normalized spacial score (nSPS) is 14.1. The number of ketones is 1. The number of thiophene rings is 1. The van der Waals surface area contributed by atoms with Gasteiger partial charge in [-0.2, -0.15) is 0 Å². The first-order valence-corrected chi connectivity index (χ1v) is 10.2. The number of anilines is 1. The maximum atomic E-state index is 12.2. The molecule has 1 aromatic carbocycles. The molecule has 0 saturated heterocycles. The third-order valence-electron chi connectivity index (χ3n) is 4.55. The summed E-state index contributed by atoms with van der Waals surface area (Å²) < 4.78 is 0.555. The number of carbonyl (C=O) groups excluding carboxylic acids is 3. The van der Waals surface area contributed by atoms with Crippen LogP contribution in [0.15, 0.2) is 36.4 Å². The van der Waals surface area contributed by atoms with Crippen LogP contribution in [0.5, 0.6) is 0 Å². The maximum absolute atomic E-state index is 12.2. The zero-order chi connectivity index (χ0) is 19.2. The van der Waals surface area contributed by atoms with Gasteiger partial charge in [0.05, 0.1) is 9.21 Å². The Morgan fingerprint density at radius 1 is 1.00 bits per heavy atom. The Labute approximate surface area is 167 Å². The molecule has 0 atom stereocenters. The molecule has 1 fully saturated rings. The van der Waals surface area contributed by atoms with Gasteiger partial charge in [-0.05, 0) is 49.2 Å². The van der Waals surface area contributed by atoms with Crippen molar-refractivity contribution in [2.75, 3.05) is 5.32 Å². The molecule has 2 aromatic rings. The molecular formula is C20H21ClN2O3S. The minimum atomic E-state index is -0.242. The third kappa shape index (κ3) is 5.65. The molecule has 1 saturated carbocycles. The van der Waals surface area contributed by atoms with E-state index < -0.39 is 0 Å². The highest BCUT2D eigenvalue weighted by Crippen LogP contribution is 2.23. The standard InChI is InChI=1S/C20H21ClN2O3S/c21-18-11-10-17(27-18)16(24)9-12-19(25)22-15-7-5-13(6-8-15)20(26)23-14-3-1-2-4-14/h5-8,10-11,14H,1-4,9,12H2,(H,22,25)(H,23,26). The van der Waals surface area contributed by atoms with Crippen molar-refractivity contribution in [3.8, 4) is 0 Å². The van der Waals surface area contributed by atoms with Crippen molar-refractivity contribution >= 4 is 46.2 Å². The van der Waals surface area contributed by atoms with Crippen molar-refractivity contribution in [2.24, 2.45) is 0 Å².